The molecular formula is C10H21P. The summed E-state index contributed by atoms with van der Waals surface area (Å²) in [7, 11) is 2.42. The summed E-state index contributed by atoms with van der Waals surface area (Å²) in [6.07, 6.45) is 7.69. The first-order chi connectivity index (χ1) is 5.38. The summed E-state index contributed by atoms with van der Waals surface area (Å²) in [4.78, 5) is 0. The summed E-state index contributed by atoms with van der Waals surface area (Å²) in [5.41, 5.74) is 0. The Morgan fingerprint density at radius 3 is 1.73 bits per heavy atom. The van der Waals surface area contributed by atoms with Crippen LogP contribution in [0.5, 0.6) is 0 Å². The van der Waals surface area contributed by atoms with Crippen LogP contribution in [0.1, 0.15) is 39.0 Å². The van der Waals surface area contributed by atoms with Gasteiger partial charge in [-0.3, -0.25) is 0 Å². The molecule has 0 aromatic rings. The molecule has 0 aliphatic heterocycles. The van der Waals surface area contributed by atoms with Crippen LogP contribution < -0.4 is 0 Å². The highest BCUT2D eigenvalue weighted by molar-refractivity contribution is 7.15. The van der Waals surface area contributed by atoms with E-state index in [-0.39, 0.29) is 0 Å². The normalized spacial score (nSPS) is 36.3. The largest absolute Gasteiger partial charge is 0.141 e. The van der Waals surface area contributed by atoms with Gasteiger partial charge in [0, 0.05) is 0 Å². The van der Waals surface area contributed by atoms with E-state index < -0.39 is 0 Å². The van der Waals surface area contributed by atoms with Crippen molar-refractivity contribution in [2.75, 3.05) is 6.66 Å². The lowest BCUT2D eigenvalue weighted by Crippen LogP contribution is -2.34. The maximum Gasteiger partial charge on any atom is -0.0360 e. The molecule has 0 spiro atoms. The molecule has 0 heterocycles. The topological polar surface area (TPSA) is 0 Å². The van der Waals surface area contributed by atoms with Crippen molar-refractivity contribution in [3.63, 3.8) is 0 Å². The maximum absolute atomic E-state index is 2.42. The third-order valence-corrected chi connectivity index (χ3v) is 3.44. The van der Waals surface area contributed by atoms with Crippen LogP contribution in [0, 0.1) is 17.8 Å². The lowest BCUT2D eigenvalue weighted by molar-refractivity contribution is 0.0674. The highest BCUT2D eigenvalue weighted by Gasteiger charge is 2.36. The van der Waals surface area contributed by atoms with Crippen molar-refractivity contribution in [3.8, 4) is 0 Å². The molecule has 0 radical (unpaired) electrons. The van der Waals surface area contributed by atoms with Gasteiger partial charge >= 0.3 is 0 Å². The smallest absolute Gasteiger partial charge is 0.0360 e. The van der Waals surface area contributed by atoms with Crippen molar-refractivity contribution >= 4 is 9.24 Å². The van der Waals surface area contributed by atoms with Gasteiger partial charge in [0.15, 0.2) is 0 Å². The lowest BCUT2D eigenvalue weighted by atomic mass is 9.62. The minimum absolute atomic E-state index is 1.08. The highest BCUT2D eigenvalue weighted by atomic mass is 31.0. The SMILES string of the molecule is CC1CCC1C1CCC1.CP. The average molecular weight is 172 g/mol. The quantitative estimate of drug-likeness (QED) is 0.532. The summed E-state index contributed by atoms with van der Waals surface area (Å²) < 4.78 is 0. The molecule has 0 N–H and O–H groups in total. The summed E-state index contributed by atoms with van der Waals surface area (Å²) in [5.74, 6) is 3.39. The minimum atomic E-state index is 1.08. The van der Waals surface area contributed by atoms with Crippen molar-refractivity contribution in [2.45, 2.75) is 39.0 Å². The van der Waals surface area contributed by atoms with E-state index >= 15 is 0 Å². The van der Waals surface area contributed by atoms with Gasteiger partial charge in [0.25, 0.3) is 0 Å². The summed E-state index contributed by atoms with van der Waals surface area (Å²) in [6, 6.07) is 0. The standard InChI is InChI=1S/C9H16.CH5P/c1-7-5-6-9(7)8-3-2-4-8;1-2/h7-9H,2-6H2,1H3;2H2,1H3. The van der Waals surface area contributed by atoms with Gasteiger partial charge in [-0.25, -0.2) is 0 Å². The van der Waals surface area contributed by atoms with Crippen LogP contribution in [0.15, 0.2) is 0 Å². The fourth-order valence-corrected chi connectivity index (χ4v) is 2.26. The van der Waals surface area contributed by atoms with Crippen molar-refractivity contribution in [1.82, 2.24) is 0 Å². The molecule has 1 heteroatoms. The monoisotopic (exact) mass is 172 g/mol. The minimum Gasteiger partial charge on any atom is -0.141 e. The molecule has 0 bridgehead atoms. The van der Waals surface area contributed by atoms with Gasteiger partial charge in [0.1, 0.15) is 0 Å². The van der Waals surface area contributed by atoms with Crippen molar-refractivity contribution < 1.29 is 0 Å². The van der Waals surface area contributed by atoms with Crippen molar-refractivity contribution in [1.29, 1.82) is 0 Å². The fraction of sp³-hybridized carbons (Fsp3) is 1.00. The van der Waals surface area contributed by atoms with E-state index in [1.165, 1.54) is 12.8 Å². The molecule has 0 saturated heterocycles. The van der Waals surface area contributed by atoms with Gasteiger partial charge in [0.05, 0.1) is 0 Å². The molecule has 2 saturated carbocycles. The van der Waals surface area contributed by atoms with E-state index in [1.54, 1.807) is 19.3 Å². The second-order valence-electron chi connectivity index (χ2n) is 3.91. The molecule has 3 unspecified atom stereocenters. The first-order valence-corrected chi connectivity index (χ1v) is 6.11. The van der Waals surface area contributed by atoms with Crippen LogP contribution in [0.2, 0.25) is 0 Å². The number of hydrogen-bond acceptors (Lipinski definition) is 0. The van der Waals surface area contributed by atoms with Crippen LogP contribution in [-0.2, 0) is 0 Å². The van der Waals surface area contributed by atoms with E-state index in [1.807, 2.05) is 6.66 Å². The Bertz CT molecular complexity index is 107. The van der Waals surface area contributed by atoms with Crippen LogP contribution >= 0.6 is 9.24 Å². The molecule has 2 rings (SSSR count). The van der Waals surface area contributed by atoms with E-state index in [4.69, 9.17) is 0 Å². The Hall–Kier alpha value is 0.430. The number of hydrogen-bond donors (Lipinski definition) is 0. The number of rotatable bonds is 1. The van der Waals surface area contributed by atoms with E-state index in [9.17, 15) is 0 Å². The predicted octanol–water partition coefficient (Wildman–Crippen LogP) is 3.32. The second kappa shape index (κ2) is 4.45. The fourth-order valence-electron chi connectivity index (χ4n) is 2.26. The zero-order chi connectivity index (χ0) is 8.27. The zero-order valence-corrected chi connectivity index (χ0v) is 9.00. The van der Waals surface area contributed by atoms with Crippen LogP contribution in [0.3, 0.4) is 0 Å². The second-order valence-corrected chi connectivity index (χ2v) is 3.91. The molecule has 0 nitrogen and oxygen atoms in total. The van der Waals surface area contributed by atoms with Crippen LogP contribution in [-0.4, -0.2) is 6.66 Å². The first kappa shape index (κ1) is 9.52. The molecular weight excluding hydrogens is 151 g/mol. The van der Waals surface area contributed by atoms with Gasteiger partial charge < -0.3 is 0 Å². The molecule has 3 atom stereocenters. The molecule has 0 amide bonds. The predicted molar refractivity (Wildman–Crippen MR) is 54.9 cm³/mol. The summed E-state index contributed by atoms with van der Waals surface area (Å²) in [5, 5.41) is 0. The van der Waals surface area contributed by atoms with Crippen molar-refractivity contribution in [2.24, 2.45) is 17.8 Å². The zero-order valence-electron chi connectivity index (χ0n) is 7.84. The third kappa shape index (κ3) is 1.96. The molecule has 2 aliphatic carbocycles. The maximum atomic E-state index is 2.42. The average Bonchev–Trinajstić information content (AvgIpc) is 1.97. The summed E-state index contributed by atoms with van der Waals surface area (Å²) >= 11 is 0. The molecule has 0 aromatic carbocycles. The Morgan fingerprint density at radius 1 is 1.00 bits per heavy atom. The van der Waals surface area contributed by atoms with E-state index in [0.717, 1.165) is 17.8 Å². The molecule has 11 heavy (non-hydrogen) atoms. The van der Waals surface area contributed by atoms with Gasteiger partial charge in [0.2, 0.25) is 0 Å². The molecule has 2 fully saturated rings. The third-order valence-electron chi connectivity index (χ3n) is 3.44. The van der Waals surface area contributed by atoms with Crippen LogP contribution in [0.25, 0.3) is 0 Å². The summed E-state index contributed by atoms with van der Waals surface area (Å²) in [6.45, 7) is 4.34. The van der Waals surface area contributed by atoms with Gasteiger partial charge in [-0.05, 0) is 24.2 Å². The molecule has 2 aliphatic rings. The Balaban J connectivity index is 0.000000281. The Morgan fingerprint density at radius 2 is 1.64 bits per heavy atom. The van der Waals surface area contributed by atoms with Gasteiger partial charge in [-0.1, -0.05) is 39.3 Å². The highest BCUT2D eigenvalue weighted by Crippen LogP contribution is 2.47. The van der Waals surface area contributed by atoms with E-state index in [2.05, 4.69) is 16.2 Å². The van der Waals surface area contributed by atoms with E-state index in [0.29, 0.717) is 0 Å². The van der Waals surface area contributed by atoms with Gasteiger partial charge in [-0.2, -0.15) is 0 Å². The first-order valence-electron chi connectivity index (χ1n) is 4.95. The molecule has 0 aromatic heterocycles. The Kier molecular flexibility index (Phi) is 3.85. The molecule has 66 valence electrons. The van der Waals surface area contributed by atoms with Crippen LogP contribution in [0.4, 0.5) is 0 Å². The Labute approximate surface area is 73.3 Å². The van der Waals surface area contributed by atoms with Gasteiger partial charge in [-0.15, -0.1) is 9.24 Å². The van der Waals surface area contributed by atoms with Crippen molar-refractivity contribution in [3.05, 3.63) is 0 Å². The lowest BCUT2D eigenvalue weighted by Gasteiger charge is -2.44.